The summed E-state index contributed by atoms with van der Waals surface area (Å²) in [4.78, 5) is 10.1. The maximum Gasteiger partial charge on any atom is 0.333 e. The average molecular weight is 402 g/mol. The summed E-state index contributed by atoms with van der Waals surface area (Å²) in [5.41, 5.74) is 1.72. The van der Waals surface area contributed by atoms with Gasteiger partial charge in [0.25, 0.3) is 0 Å². The van der Waals surface area contributed by atoms with Crippen LogP contribution in [0.1, 0.15) is 17.2 Å². The number of halogens is 1. The second-order valence-corrected chi connectivity index (χ2v) is 7.12. The van der Waals surface area contributed by atoms with Crippen molar-refractivity contribution in [3.8, 4) is 0 Å². The van der Waals surface area contributed by atoms with Crippen molar-refractivity contribution >= 4 is 30.2 Å². The van der Waals surface area contributed by atoms with Crippen LogP contribution >= 0.6 is 30.2 Å². The predicted molar refractivity (Wildman–Crippen MR) is 89.1 cm³/mol. The van der Waals surface area contributed by atoms with Gasteiger partial charge >= 0.3 is 7.60 Å². The number of hydrogen-bond donors (Lipinski definition) is 1. The largest absolute Gasteiger partial charge is 0.333 e. The molecule has 0 aliphatic carbocycles. The molecule has 106 valence electrons. The van der Waals surface area contributed by atoms with Crippen molar-refractivity contribution in [2.75, 3.05) is 4.43 Å². The molecule has 0 bridgehead atoms. The molecule has 0 fully saturated rings. The highest BCUT2D eigenvalue weighted by atomic mass is 127. The van der Waals surface area contributed by atoms with Crippen LogP contribution in [0.3, 0.4) is 0 Å². The van der Waals surface area contributed by atoms with E-state index < -0.39 is 7.60 Å². The molecule has 5 heteroatoms. The zero-order valence-electron chi connectivity index (χ0n) is 10.9. The lowest BCUT2D eigenvalue weighted by molar-refractivity contribution is 0.197. The van der Waals surface area contributed by atoms with Gasteiger partial charge in [-0.3, -0.25) is 9.09 Å². The Balaban J connectivity index is 2.08. The summed E-state index contributed by atoms with van der Waals surface area (Å²) >= 11 is 2.17. The van der Waals surface area contributed by atoms with Gasteiger partial charge in [0, 0.05) is 4.43 Å². The molecule has 0 aliphatic heterocycles. The minimum atomic E-state index is -3.66. The maximum atomic E-state index is 12.3. The van der Waals surface area contributed by atoms with Crippen LogP contribution < -0.4 is 0 Å². The number of rotatable bonds is 6. The Morgan fingerprint density at radius 3 is 2.15 bits per heavy atom. The fourth-order valence-electron chi connectivity index (χ4n) is 1.90. The van der Waals surface area contributed by atoms with Crippen LogP contribution in [0.2, 0.25) is 0 Å². The number of hydrogen-bond acceptors (Lipinski definition) is 2. The van der Waals surface area contributed by atoms with Gasteiger partial charge in [0.1, 0.15) is 6.10 Å². The summed E-state index contributed by atoms with van der Waals surface area (Å²) < 4.78 is 18.4. The van der Waals surface area contributed by atoms with Crippen LogP contribution in [0.25, 0.3) is 0 Å². The Morgan fingerprint density at radius 2 is 1.60 bits per heavy atom. The highest BCUT2D eigenvalue weighted by Crippen LogP contribution is 2.50. The number of benzene rings is 2. The minimum Gasteiger partial charge on any atom is -0.324 e. The molecule has 2 rings (SSSR count). The highest BCUT2D eigenvalue weighted by Gasteiger charge is 2.25. The fourth-order valence-corrected chi connectivity index (χ4v) is 4.21. The van der Waals surface area contributed by atoms with E-state index in [1.54, 1.807) is 0 Å². The molecular formula is C15H16IO3P. The van der Waals surface area contributed by atoms with Crippen LogP contribution in [0.4, 0.5) is 0 Å². The van der Waals surface area contributed by atoms with Crippen molar-refractivity contribution < 1.29 is 14.0 Å². The zero-order chi connectivity index (χ0) is 14.4. The van der Waals surface area contributed by atoms with Crippen molar-refractivity contribution in [3.63, 3.8) is 0 Å². The molecule has 0 radical (unpaired) electrons. The first kappa shape index (κ1) is 15.7. The molecule has 0 saturated heterocycles. The molecular weight excluding hydrogens is 386 g/mol. The van der Waals surface area contributed by atoms with Gasteiger partial charge in [-0.1, -0.05) is 83.3 Å². The molecule has 1 N–H and O–H groups in total. The Hall–Kier alpha value is -0.680. The van der Waals surface area contributed by atoms with E-state index in [2.05, 4.69) is 22.6 Å². The summed E-state index contributed by atoms with van der Waals surface area (Å²) in [5, 5.41) is 0. The molecule has 0 saturated carbocycles. The standard InChI is InChI=1S/C15H16IO3P/c16-11-15(14-9-5-2-6-10-14)19-20(17,18)12-13-7-3-1-4-8-13/h1-10,15H,11-12H2,(H,17,18). The van der Waals surface area contributed by atoms with Crippen LogP contribution in [-0.2, 0) is 15.3 Å². The lowest BCUT2D eigenvalue weighted by Crippen LogP contribution is -2.05. The third-order valence-electron chi connectivity index (χ3n) is 2.83. The van der Waals surface area contributed by atoms with Gasteiger partial charge in [0.15, 0.2) is 0 Å². The summed E-state index contributed by atoms with van der Waals surface area (Å²) in [5.74, 6) is 0. The molecule has 2 atom stereocenters. The summed E-state index contributed by atoms with van der Waals surface area (Å²) in [6, 6.07) is 18.8. The molecule has 0 heterocycles. The first-order valence-electron chi connectivity index (χ1n) is 6.26. The average Bonchev–Trinajstić information content (AvgIpc) is 2.46. The van der Waals surface area contributed by atoms with E-state index in [-0.39, 0.29) is 12.3 Å². The Kier molecular flexibility index (Phi) is 5.78. The molecule has 0 aromatic heterocycles. The van der Waals surface area contributed by atoms with Crippen molar-refractivity contribution in [1.29, 1.82) is 0 Å². The molecule has 20 heavy (non-hydrogen) atoms. The molecule has 3 nitrogen and oxygen atoms in total. The number of alkyl halides is 1. The van der Waals surface area contributed by atoms with E-state index in [0.29, 0.717) is 4.43 Å². The van der Waals surface area contributed by atoms with Crippen LogP contribution in [0, 0.1) is 0 Å². The van der Waals surface area contributed by atoms with Crippen LogP contribution in [0.5, 0.6) is 0 Å². The monoisotopic (exact) mass is 402 g/mol. The van der Waals surface area contributed by atoms with Crippen molar-refractivity contribution in [1.82, 2.24) is 0 Å². The molecule has 2 unspecified atom stereocenters. The topological polar surface area (TPSA) is 46.5 Å². The maximum absolute atomic E-state index is 12.3. The lowest BCUT2D eigenvalue weighted by Gasteiger charge is -2.20. The van der Waals surface area contributed by atoms with E-state index in [9.17, 15) is 9.46 Å². The second kappa shape index (κ2) is 7.36. The summed E-state index contributed by atoms with van der Waals surface area (Å²) in [6.07, 6.45) is -0.329. The Labute approximate surface area is 132 Å². The van der Waals surface area contributed by atoms with Crippen LogP contribution in [-0.4, -0.2) is 9.32 Å². The van der Waals surface area contributed by atoms with E-state index in [1.165, 1.54) is 0 Å². The summed E-state index contributed by atoms with van der Waals surface area (Å²) in [6.45, 7) is 0. The molecule has 2 aromatic carbocycles. The van der Waals surface area contributed by atoms with E-state index in [0.717, 1.165) is 11.1 Å². The lowest BCUT2D eigenvalue weighted by atomic mass is 10.1. The Bertz CT molecular complexity index is 574. The Morgan fingerprint density at radius 1 is 1.05 bits per heavy atom. The third-order valence-corrected chi connectivity index (χ3v) is 4.98. The molecule has 0 aliphatic rings. The normalized spacial score (nSPS) is 15.5. The minimum absolute atomic E-state index is 0.0355. The van der Waals surface area contributed by atoms with Crippen LogP contribution in [0.15, 0.2) is 60.7 Å². The molecule has 2 aromatic rings. The molecule has 0 amide bonds. The molecule has 0 spiro atoms. The van der Waals surface area contributed by atoms with E-state index in [1.807, 2.05) is 60.7 Å². The van der Waals surface area contributed by atoms with Crippen molar-refractivity contribution in [2.24, 2.45) is 0 Å². The highest BCUT2D eigenvalue weighted by molar-refractivity contribution is 14.1. The van der Waals surface area contributed by atoms with Gasteiger partial charge < -0.3 is 4.89 Å². The van der Waals surface area contributed by atoms with Gasteiger partial charge in [-0.25, -0.2) is 0 Å². The first-order valence-corrected chi connectivity index (χ1v) is 9.54. The van der Waals surface area contributed by atoms with E-state index >= 15 is 0 Å². The smallest absolute Gasteiger partial charge is 0.324 e. The van der Waals surface area contributed by atoms with Gasteiger partial charge in [0.2, 0.25) is 0 Å². The van der Waals surface area contributed by atoms with Gasteiger partial charge in [-0.05, 0) is 11.1 Å². The van der Waals surface area contributed by atoms with Gasteiger partial charge in [0.05, 0.1) is 6.16 Å². The third kappa shape index (κ3) is 4.70. The zero-order valence-corrected chi connectivity index (χ0v) is 13.9. The van der Waals surface area contributed by atoms with Gasteiger partial charge in [-0.15, -0.1) is 0 Å². The second-order valence-electron chi connectivity index (χ2n) is 4.44. The SMILES string of the molecule is O=P(O)(Cc1ccccc1)OC(CI)c1ccccc1. The predicted octanol–water partition coefficient (Wildman–Crippen LogP) is 4.56. The first-order chi connectivity index (χ1) is 9.61. The summed E-state index contributed by atoms with van der Waals surface area (Å²) in [7, 11) is -3.66. The van der Waals surface area contributed by atoms with Crippen molar-refractivity contribution in [2.45, 2.75) is 12.3 Å². The van der Waals surface area contributed by atoms with Crippen molar-refractivity contribution in [3.05, 3.63) is 71.8 Å². The van der Waals surface area contributed by atoms with Gasteiger partial charge in [-0.2, -0.15) is 0 Å². The quantitative estimate of drug-likeness (QED) is 0.438. The fraction of sp³-hybridized carbons (Fsp3) is 0.200. The van der Waals surface area contributed by atoms with E-state index in [4.69, 9.17) is 4.52 Å².